The Labute approximate surface area is 173 Å². The van der Waals surface area contributed by atoms with Gasteiger partial charge >= 0.3 is 0 Å². The van der Waals surface area contributed by atoms with Crippen LogP contribution in [-0.4, -0.2) is 22.6 Å². The van der Waals surface area contributed by atoms with Crippen LogP contribution in [0.4, 0.5) is 5.69 Å². The van der Waals surface area contributed by atoms with Crippen molar-refractivity contribution in [1.82, 2.24) is 10.2 Å². The van der Waals surface area contributed by atoms with E-state index in [1.807, 2.05) is 0 Å². The Hall–Kier alpha value is -1.31. The van der Waals surface area contributed by atoms with Gasteiger partial charge in [-0.1, -0.05) is 40.9 Å². The highest BCUT2D eigenvalue weighted by atomic mass is 79.9. The van der Waals surface area contributed by atoms with Gasteiger partial charge in [-0.3, -0.25) is 9.89 Å². The number of hydrogen-bond acceptors (Lipinski definition) is 3. The number of halogens is 4. The molecule has 9 heteroatoms. The largest absolute Gasteiger partial charge is 0.330 e. The number of carbonyl (C=O) groups is 1. The molecule has 26 heavy (non-hydrogen) atoms. The van der Waals surface area contributed by atoms with Crippen LogP contribution in [0.1, 0.15) is 17.9 Å². The molecule has 3 rings (SSSR count). The number of benzene rings is 2. The van der Waals surface area contributed by atoms with Crippen molar-refractivity contribution in [3.63, 3.8) is 0 Å². The lowest BCUT2D eigenvalue weighted by Gasteiger charge is -2.17. The van der Waals surface area contributed by atoms with Crippen LogP contribution in [0.25, 0.3) is 10.9 Å². The van der Waals surface area contributed by atoms with Crippen molar-refractivity contribution in [2.24, 2.45) is 5.73 Å². The highest BCUT2D eigenvalue weighted by Crippen LogP contribution is 2.32. The lowest BCUT2D eigenvalue weighted by molar-refractivity contribution is -0.117. The molecule has 3 aromatic rings. The molecule has 0 bridgehead atoms. The van der Waals surface area contributed by atoms with Crippen LogP contribution in [-0.2, 0) is 4.79 Å². The van der Waals surface area contributed by atoms with Crippen molar-refractivity contribution in [2.75, 3.05) is 11.9 Å². The van der Waals surface area contributed by atoms with Gasteiger partial charge in [0.1, 0.15) is 10.7 Å². The molecular formula is C17H14BrCl3N4O. The second kappa shape index (κ2) is 8.15. The molecule has 0 fully saturated rings. The Bertz CT molecular complexity index is 976. The van der Waals surface area contributed by atoms with E-state index in [0.717, 1.165) is 10.0 Å². The van der Waals surface area contributed by atoms with Crippen LogP contribution in [0.2, 0.25) is 15.2 Å². The van der Waals surface area contributed by atoms with Crippen molar-refractivity contribution >= 4 is 73.2 Å². The minimum Gasteiger partial charge on any atom is -0.330 e. The first-order valence-corrected chi connectivity index (χ1v) is 9.62. The predicted molar refractivity (Wildman–Crippen MR) is 110 cm³/mol. The lowest BCUT2D eigenvalue weighted by atomic mass is 9.94. The average Bonchev–Trinajstić information content (AvgIpc) is 2.97. The van der Waals surface area contributed by atoms with E-state index in [1.165, 1.54) is 0 Å². The highest BCUT2D eigenvalue weighted by Gasteiger charge is 2.21. The minimum absolute atomic E-state index is 0.195. The maximum atomic E-state index is 12.9. The van der Waals surface area contributed by atoms with Crippen LogP contribution in [0.15, 0.2) is 34.8 Å². The average molecular weight is 477 g/mol. The summed E-state index contributed by atoms with van der Waals surface area (Å²) < 4.78 is 0.721. The minimum atomic E-state index is -0.455. The van der Waals surface area contributed by atoms with E-state index in [1.54, 1.807) is 30.3 Å². The smallest absolute Gasteiger partial charge is 0.231 e. The number of nitrogens with zero attached hydrogens (tertiary/aromatic N) is 1. The molecule has 1 amide bonds. The Morgan fingerprint density at radius 3 is 2.69 bits per heavy atom. The Kier molecular flexibility index (Phi) is 6.10. The molecule has 0 radical (unpaired) electrons. The summed E-state index contributed by atoms with van der Waals surface area (Å²) in [5, 5.41) is 11.7. The molecule has 2 aromatic carbocycles. The predicted octanol–water partition coefficient (Wildman–Crippen LogP) is 5.36. The van der Waals surface area contributed by atoms with Gasteiger partial charge in [0.05, 0.1) is 16.0 Å². The van der Waals surface area contributed by atoms with Gasteiger partial charge in [-0.2, -0.15) is 5.10 Å². The monoisotopic (exact) mass is 474 g/mol. The summed E-state index contributed by atoms with van der Waals surface area (Å²) in [7, 11) is 0. The zero-order chi connectivity index (χ0) is 18.8. The van der Waals surface area contributed by atoms with Crippen molar-refractivity contribution in [3.05, 3.63) is 55.6 Å². The fraction of sp³-hybridized carbons (Fsp3) is 0.176. The lowest BCUT2D eigenvalue weighted by Crippen LogP contribution is -2.23. The van der Waals surface area contributed by atoms with Gasteiger partial charge in [-0.15, -0.1) is 0 Å². The molecule has 1 unspecified atom stereocenters. The molecule has 1 aromatic heterocycles. The molecule has 4 N–H and O–H groups in total. The fourth-order valence-corrected chi connectivity index (χ4v) is 3.73. The molecule has 0 saturated heterocycles. The van der Waals surface area contributed by atoms with Crippen LogP contribution in [0.3, 0.4) is 0 Å². The van der Waals surface area contributed by atoms with Gasteiger partial charge in [0, 0.05) is 15.5 Å². The number of H-pyrrole nitrogens is 1. The Morgan fingerprint density at radius 2 is 2.00 bits per heavy atom. The summed E-state index contributed by atoms with van der Waals surface area (Å²) in [6.07, 6.45) is 0.472. The van der Waals surface area contributed by atoms with Crippen LogP contribution >= 0.6 is 50.7 Å². The molecule has 0 aliphatic rings. The first-order chi connectivity index (χ1) is 12.4. The molecule has 0 spiro atoms. The number of aromatic nitrogens is 2. The van der Waals surface area contributed by atoms with E-state index in [4.69, 9.17) is 40.5 Å². The third kappa shape index (κ3) is 4.00. The van der Waals surface area contributed by atoms with E-state index in [0.29, 0.717) is 44.8 Å². The van der Waals surface area contributed by atoms with Crippen LogP contribution in [0.5, 0.6) is 0 Å². The summed E-state index contributed by atoms with van der Waals surface area (Å²) in [6.45, 7) is 0.356. The van der Waals surface area contributed by atoms with Gasteiger partial charge in [-0.05, 0) is 58.7 Å². The molecule has 1 heterocycles. The van der Waals surface area contributed by atoms with Crippen molar-refractivity contribution < 1.29 is 4.79 Å². The third-order valence-corrected chi connectivity index (χ3v) is 5.58. The SMILES string of the molecule is NCCC(C(=O)Nc1cc(Br)c2n[nH]c(Cl)c2c1)c1ccc(Cl)c(Cl)c1. The zero-order valence-electron chi connectivity index (χ0n) is 13.3. The fourth-order valence-electron chi connectivity index (χ4n) is 2.69. The van der Waals surface area contributed by atoms with E-state index in [-0.39, 0.29) is 5.91 Å². The Balaban J connectivity index is 1.90. The summed E-state index contributed by atoms with van der Waals surface area (Å²) in [5.41, 5.74) is 7.74. The zero-order valence-corrected chi connectivity index (χ0v) is 17.2. The van der Waals surface area contributed by atoms with Gasteiger partial charge in [0.25, 0.3) is 0 Å². The van der Waals surface area contributed by atoms with E-state index in [9.17, 15) is 4.79 Å². The molecule has 0 saturated carbocycles. The Morgan fingerprint density at radius 1 is 1.23 bits per heavy atom. The molecule has 1 atom stereocenters. The molecular weight excluding hydrogens is 462 g/mol. The van der Waals surface area contributed by atoms with E-state index < -0.39 is 5.92 Å². The summed E-state index contributed by atoms with van der Waals surface area (Å²) in [6, 6.07) is 8.67. The van der Waals surface area contributed by atoms with E-state index in [2.05, 4.69) is 31.4 Å². The summed E-state index contributed by atoms with van der Waals surface area (Å²) in [4.78, 5) is 12.9. The van der Waals surface area contributed by atoms with Gasteiger partial charge in [0.2, 0.25) is 5.91 Å². The number of nitrogens with two attached hydrogens (primary N) is 1. The number of amides is 1. The van der Waals surface area contributed by atoms with Crippen molar-refractivity contribution in [2.45, 2.75) is 12.3 Å². The number of rotatable bonds is 5. The number of fused-ring (bicyclic) bond motifs is 1. The van der Waals surface area contributed by atoms with Crippen molar-refractivity contribution in [1.29, 1.82) is 0 Å². The topological polar surface area (TPSA) is 83.8 Å². The van der Waals surface area contributed by atoms with Crippen LogP contribution in [0, 0.1) is 0 Å². The molecule has 0 aliphatic heterocycles. The maximum absolute atomic E-state index is 12.9. The third-order valence-electron chi connectivity index (χ3n) is 3.95. The number of carbonyl (C=O) groups excluding carboxylic acids is 1. The molecule has 0 aliphatic carbocycles. The first-order valence-electron chi connectivity index (χ1n) is 7.69. The second-order valence-electron chi connectivity index (χ2n) is 5.68. The second-order valence-corrected chi connectivity index (χ2v) is 7.73. The molecule has 5 nitrogen and oxygen atoms in total. The number of hydrogen-bond donors (Lipinski definition) is 3. The van der Waals surface area contributed by atoms with Gasteiger partial charge in [0.15, 0.2) is 0 Å². The first kappa shape index (κ1) is 19.5. The van der Waals surface area contributed by atoms with Crippen LogP contribution < -0.4 is 11.1 Å². The van der Waals surface area contributed by atoms with Gasteiger partial charge in [-0.25, -0.2) is 0 Å². The molecule has 136 valence electrons. The number of anilines is 1. The normalized spacial score (nSPS) is 12.3. The van der Waals surface area contributed by atoms with Gasteiger partial charge < -0.3 is 11.1 Å². The summed E-state index contributed by atoms with van der Waals surface area (Å²) in [5.74, 6) is -0.649. The number of aromatic amines is 1. The summed E-state index contributed by atoms with van der Waals surface area (Å²) >= 11 is 21.6. The van der Waals surface area contributed by atoms with E-state index >= 15 is 0 Å². The van der Waals surface area contributed by atoms with Crippen molar-refractivity contribution in [3.8, 4) is 0 Å². The highest BCUT2D eigenvalue weighted by molar-refractivity contribution is 9.10. The number of nitrogens with one attached hydrogen (secondary N) is 2. The standard InChI is InChI=1S/C17H14BrCl3N4O/c18-12-7-9(6-11-15(12)24-25-16(11)21)23-17(26)10(3-4-22)8-1-2-13(19)14(20)5-8/h1-2,5-7,10H,3-4,22H2,(H,23,26)(H,24,25). The maximum Gasteiger partial charge on any atom is 0.231 e. The quantitative estimate of drug-likeness (QED) is 0.464.